The molecule has 0 bridgehead atoms. The van der Waals surface area contributed by atoms with E-state index in [9.17, 15) is 13.2 Å². The fourth-order valence-corrected chi connectivity index (χ4v) is 2.78. The van der Waals surface area contributed by atoms with Gasteiger partial charge < -0.3 is 5.32 Å². The van der Waals surface area contributed by atoms with Crippen molar-refractivity contribution in [1.82, 2.24) is 4.98 Å². The SMILES string of the molecule is FC(F)(F)c1ccc(NC2CCc3cccnc32)c(Cl)c1. The lowest BCUT2D eigenvalue weighted by Gasteiger charge is -2.17. The topological polar surface area (TPSA) is 24.9 Å². The Morgan fingerprint density at radius 1 is 1.24 bits per heavy atom. The van der Waals surface area contributed by atoms with Gasteiger partial charge >= 0.3 is 6.18 Å². The van der Waals surface area contributed by atoms with Crippen molar-refractivity contribution in [2.45, 2.75) is 25.1 Å². The van der Waals surface area contributed by atoms with E-state index in [2.05, 4.69) is 10.3 Å². The van der Waals surface area contributed by atoms with Gasteiger partial charge in [0.2, 0.25) is 0 Å². The smallest absolute Gasteiger partial charge is 0.375 e. The third-order valence-corrected chi connectivity index (χ3v) is 3.90. The second-order valence-corrected chi connectivity index (χ2v) is 5.38. The Kier molecular flexibility index (Phi) is 3.53. The number of halogens is 4. The van der Waals surface area contributed by atoms with Crippen LogP contribution >= 0.6 is 11.6 Å². The molecule has 2 aromatic rings. The number of hydrogen-bond donors (Lipinski definition) is 1. The number of alkyl halides is 3. The fraction of sp³-hybridized carbons (Fsp3) is 0.267. The molecule has 1 N–H and O–H groups in total. The van der Waals surface area contributed by atoms with E-state index >= 15 is 0 Å². The van der Waals surface area contributed by atoms with Crippen LogP contribution in [0, 0.1) is 0 Å². The predicted molar refractivity (Wildman–Crippen MR) is 75.4 cm³/mol. The zero-order chi connectivity index (χ0) is 15.0. The summed E-state index contributed by atoms with van der Waals surface area (Å²) >= 11 is 5.96. The third-order valence-electron chi connectivity index (χ3n) is 3.58. The molecule has 1 heterocycles. The van der Waals surface area contributed by atoms with Crippen molar-refractivity contribution in [2.24, 2.45) is 0 Å². The monoisotopic (exact) mass is 312 g/mol. The molecule has 0 aliphatic heterocycles. The minimum atomic E-state index is -4.39. The molecule has 6 heteroatoms. The molecule has 1 aliphatic carbocycles. The van der Waals surface area contributed by atoms with E-state index in [-0.39, 0.29) is 11.1 Å². The minimum absolute atomic E-state index is 0.0181. The van der Waals surface area contributed by atoms with Crippen molar-refractivity contribution in [3.63, 3.8) is 0 Å². The Bertz CT molecular complexity index is 670. The van der Waals surface area contributed by atoms with Crippen LogP contribution < -0.4 is 5.32 Å². The van der Waals surface area contributed by atoms with E-state index in [0.717, 1.165) is 36.2 Å². The Morgan fingerprint density at radius 3 is 2.76 bits per heavy atom. The molecule has 0 saturated heterocycles. The summed E-state index contributed by atoms with van der Waals surface area (Å²) in [5.74, 6) is 0. The average Bonchev–Trinajstić information content (AvgIpc) is 2.83. The summed E-state index contributed by atoms with van der Waals surface area (Å²) in [5.41, 5.74) is 1.85. The van der Waals surface area contributed by atoms with Gasteiger partial charge in [0.1, 0.15) is 0 Å². The van der Waals surface area contributed by atoms with Crippen LogP contribution in [0.15, 0.2) is 36.5 Å². The lowest BCUT2D eigenvalue weighted by atomic mass is 10.1. The average molecular weight is 313 g/mol. The molecule has 2 nitrogen and oxygen atoms in total. The number of nitrogens with zero attached hydrogens (tertiary/aromatic N) is 1. The van der Waals surface area contributed by atoms with Gasteiger partial charge in [0.25, 0.3) is 0 Å². The first kappa shape index (κ1) is 14.2. The van der Waals surface area contributed by atoms with Crippen LogP contribution in [0.3, 0.4) is 0 Å². The van der Waals surface area contributed by atoms with Crippen molar-refractivity contribution in [2.75, 3.05) is 5.32 Å². The van der Waals surface area contributed by atoms with Gasteiger partial charge in [-0.2, -0.15) is 13.2 Å². The molecule has 21 heavy (non-hydrogen) atoms. The van der Waals surface area contributed by atoms with Gasteiger partial charge in [-0.3, -0.25) is 4.98 Å². The normalized spacial score (nSPS) is 17.6. The molecule has 0 spiro atoms. The van der Waals surface area contributed by atoms with E-state index in [1.54, 1.807) is 6.20 Å². The first-order valence-electron chi connectivity index (χ1n) is 6.52. The Morgan fingerprint density at radius 2 is 2.05 bits per heavy atom. The van der Waals surface area contributed by atoms with E-state index < -0.39 is 11.7 Å². The Balaban J connectivity index is 1.84. The minimum Gasteiger partial charge on any atom is -0.375 e. The van der Waals surface area contributed by atoms with Crippen molar-refractivity contribution >= 4 is 17.3 Å². The van der Waals surface area contributed by atoms with Crippen molar-refractivity contribution < 1.29 is 13.2 Å². The van der Waals surface area contributed by atoms with Crippen molar-refractivity contribution in [3.05, 3.63) is 58.4 Å². The van der Waals surface area contributed by atoms with Gasteiger partial charge in [-0.15, -0.1) is 0 Å². The van der Waals surface area contributed by atoms with Crippen LogP contribution in [0.25, 0.3) is 0 Å². The molecule has 0 amide bonds. The number of hydrogen-bond acceptors (Lipinski definition) is 2. The van der Waals surface area contributed by atoms with Crippen LogP contribution in [0.5, 0.6) is 0 Å². The molecule has 1 aromatic heterocycles. The first-order chi connectivity index (χ1) is 9.95. The third kappa shape index (κ3) is 2.83. The molecule has 3 rings (SSSR count). The van der Waals surface area contributed by atoms with E-state index in [4.69, 9.17) is 11.6 Å². The molecular formula is C15H12ClF3N2. The molecule has 1 atom stereocenters. The van der Waals surface area contributed by atoms with Gasteiger partial charge in [-0.25, -0.2) is 0 Å². The maximum absolute atomic E-state index is 12.6. The summed E-state index contributed by atoms with van der Waals surface area (Å²) in [4.78, 5) is 4.34. The van der Waals surface area contributed by atoms with E-state index in [1.165, 1.54) is 6.07 Å². The summed E-state index contributed by atoms with van der Waals surface area (Å²) in [6.45, 7) is 0. The molecule has 0 saturated carbocycles. The van der Waals surface area contributed by atoms with Crippen LogP contribution in [-0.2, 0) is 12.6 Å². The largest absolute Gasteiger partial charge is 0.416 e. The summed E-state index contributed by atoms with van der Waals surface area (Å²) in [7, 11) is 0. The maximum atomic E-state index is 12.6. The number of aromatic nitrogens is 1. The van der Waals surface area contributed by atoms with Crippen LogP contribution in [0.2, 0.25) is 5.02 Å². The predicted octanol–water partition coefficient (Wildman–Crippen LogP) is 4.85. The summed E-state index contributed by atoms with van der Waals surface area (Å²) in [6, 6.07) is 7.22. The van der Waals surface area contributed by atoms with Gasteiger partial charge in [0.15, 0.2) is 0 Å². The Labute approximate surface area is 125 Å². The highest BCUT2D eigenvalue weighted by Gasteiger charge is 2.31. The molecule has 0 fully saturated rings. The number of pyridine rings is 1. The highest BCUT2D eigenvalue weighted by Crippen LogP contribution is 2.37. The molecule has 0 radical (unpaired) electrons. The van der Waals surface area contributed by atoms with Crippen LogP contribution in [0.1, 0.15) is 29.3 Å². The molecule has 1 aliphatic rings. The summed E-state index contributed by atoms with van der Waals surface area (Å²) in [5, 5.41) is 3.25. The second-order valence-electron chi connectivity index (χ2n) is 4.98. The quantitative estimate of drug-likeness (QED) is 0.857. The van der Waals surface area contributed by atoms with Gasteiger partial charge in [0, 0.05) is 6.20 Å². The van der Waals surface area contributed by atoms with E-state index in [1.807, 2.05) is 12.1 Å². The number of fused-ring (bicyclic) bond motifs is 1. The van der Waals surface area contributed by atoms with E-state index in [0.29, 0.717) is 5.69 Å². The number of rotatable bonds is 2. The highest BCUT2D eigenvalue weighted by atomic mass is 35.5. The van der Waals surface area contributed by atoms with Gasteiger partial charge in [0.05, 0.1) is 28.0 Å². The molecular weight excluding hydrogens is 301 g/mol. The standard InChI is InChI=1S/C15H12ClF3N2/c16-11-8-10(15(17,18)19)4-6-12(11)21-13-5-3-9-2-1-7-20-14(9)13/h1-2,4,6-8,13,21H,3,5H2. The highest BCUT2D eigenvalue weighted by molar-refractivity contribution is 6.33. The zero-order valence-corrected chi connectivity index (χ0v) is 11.7. The summed E-state index contributed by atoms with van der Waals surface area (Å²) in [6.07, 6.45) is -0.917. The Hall–Kier alpha value is -1.75. The fourth-order valence-electron chi connectivity index (χ4n) is 2.55. The first-order valence-corrected chi connectivity index (χ1v) is 6.90. The zero-order valence-electron chi connectivity index (χ0n) is 10.9. The van der Waals surface area contributed by atoms with Gasteiger partial charge in [-0.1, -0.05) is 17.7 Å². The van der Waals surface area contributed by atoms with Crippen LogP contribution in [-0.4, -0.2) is 4.98 Å². The molecule has 1 unspecified atom stereocenters. The van der Waals surface area contributed by atoms with Gasteiger partial charge in [-0.05, 0) is 42.7 Å². The number of nitrogens with one attached hydrogen (secondary N) is 1. The molecule has 1 aromatic carbocycles. The maximum Gasteiger partial charge on any atom is 0.416 e. The summed E-state index contributed by atoms with van der Waals surface area (Å²) < 4.78 is 37.8. The lowest BCUT2D eigenvalue weighted by molar-refractivity contribution is -0.137. The lowest BCUT2D eigenvalue weighted by Crippen LogP contribution is -2.10. The number of anilines is 1. The number of benzene rings is 1. The second kappa shape index (κ2) is 5.22. The van der Waals surface area contributed by atoms with Crippen molar-refractivity contribution in [3.8, 4) is 0 Å². The number of aryl methyl sites for hydroxylation is 1. The molecule has 110 valence electrons. The van der Waals surface area contributed by atoms with Crippen LogP contribution in [0.4, 0.5) is 18.9 Å². The van der Waals surface area contributed by atoms with Crippen molar-refractivity contribution in [1.29, 1.82) is 0 Å².